The molecule has 0 aliphatic rings. The molecule has 1 rings (SSSR count). The SMILES string of the molecule is COc1cncc(SC)n1. The Morgan fingerprint density at radius 1 is 1.50 bits per heavy atom. The Balaban J connectivity index is 2.87. The van der Waals surface area contributed by atoms with Gasteiger partial charge in [0, 0.05) is 0 Å². The first-order chi connectivity index (χ1) is 4.86. The predicted molar refractivity (Wildman–Crippen MR) is 40.4 cm³/mol. The van der Waals surface area contributed by atoms with Crippen molar-refractivity contribution in [2.75, 3.05) is 13.4 Å². The monoisotopic (exact) mass is 156 g/mol. The second-order valence-corrected chi connectivity index (χ2v) is 2.43. The zero-order valence-corrected chi connectivity index (χ0v) is 6.68. The van der Waals surface area contributed by atoms with E-state index in [9.17, 15) is 0 Å². The normalized spacial score (nSPS) is 9.40. The lowest BCUT2D eigenvalue weighted by Crippen LogP contribution is -1.89. The molecule has 4 heteroatoms. The Hall–Kier alpha value is -0.770. The lowest BCUT2D eigenvalue weighted by Gasteiger charge is -1.97. The van der Waals surface area contributed by atoms with Gasteiger partial charge in [0.15, 0.2) is 0 Å². The maximum absolute atomic E-state index is 4.87. The summed E-state index contributed by atoms with van der Waals surface area (Å²) in [6, 6.07) is 0. The van der Waals surface area contributed by atoms with Gasteiger partial charge >= 0.3 is 0 Å². The third kappa shape index (κ3) is 1.60. The van der Waals surface area contributed by atoms with E-state index in [0.29, 0.717) is 5.88 Å². The molecule has 0 radical (unpaired) electrons. The van der Waals surface area contributed by atoms with Crippen LogP contribution in [0, 0.1) is 0 Å². The molecule has 0 N–H and O–H groups in total. The molecule has 1 heterocycles. The van der Waals surface area contributed by atoms with E-state index in [1.165, 1.54) is 0 Å². The van der Waals surface area contributed by atoms with Gasteiger partial charge in [-0.25, -0.2) is 4.98 Å². The van der Waals surface area contributed by atoms with Crippen LogP contribution >= 0.6 is 11.8 Å². The quantitative estimate of drug-likeness (QED) is 0.603. The Kier molecular flexibility index (Phi) is 2.50. The van der Waals surface area contributed by atoms with Crippen LogP contribution in [0.15, 0.2) is 17.4 Å². The minimum atomic E-state index is 0.562. The van der Waals surface area contributed by atoms with E-state index in [-0.39, 0.29) is 0 Å². The van der Waals surface area contributed by atoms with Gasteiger partial charge in [0.2, 0.25) is 5.88 Å². The first-order valence-electron chi connectivity index (χ1n) is 2.77. The average Bonchev–Trinajstić information content (AvgIpc) is 2.05. The zero-order chi connectivity index (χ0) is 7.40. The van der Waals surface area contributed by atoms with E-state index in [4.69, 9.17) is 4.74 Å². The first kappa shape index (κ1) is 7.34. The van der Waals surface area contributed by atoms with Crippen LogP contribution in [0.5, 0.6) is 5.88 Å². The minimum Gasteiger partial charge on any atom is -0.480 e. The molecule has 0 saturated heterocycles. The van der Waals surface area contributed by atoms with Gasteiger partial charge in [-0.2, -0.15) is 0 Å². The summed E-state index contributed by atoms with van der Waals surface area (Å²) in [4.78, 5) is 8.01. The molecule has 0 aliphatic carbocycles. The maximum Gasteiger partial charge on any atom is 0.233 e. The third-order valence-electron chi connectivity index (χ3n) is 1.01. The fourth-order valence-corrected chi connectivity index (χ4v) is 0.875. The summed E-state index contributed by atoms with van der Waals surface area (Å²) in [5, 5.41) is 0.874. The molecule has 3 nitrogen and oxygen atoms in total. The van der Waals surface area contributed by atoms with E-state index in [0.717, 1.165) is 5.03 Å². The van der Waals surface area contributed by atoms with Crippen molar-refractivity contribution in [3.8, 4) is 5.88 Å². The van der Waals surface area contributed by atoms with Gasteiger partial charge in [-0.3, -0.25) is 4.98 Å². The van der Waals surface area contributed by atoms with Gasteiger partial charge < -0.3 is 4.74 Å². The highest BCUT2D eigenvalue weighted by Crippen LogP contribution is 2.12. The minimum absolute atomic E-state index is 0.562. The molecule has 1 aromatic heterocycles. The fourth-order valence-electron chi connectivity index (χ4n) is 0.528. The van der Waals surface area contributed by atoms with Gasteiger partial charge in [0.05, 0.1) is 19.5 Å². The Labute approximate surface area is 63.8 Å². The smallest absolute Gasteiger partial charge is 0.233 e. The number of methoxy groups -OCH3 is 1. The van der Waals surface area contributed by atoms with Crippen LogP contribution in [0.2, 0.25) is 0 Å². The van der Waals surface area contributed by atoms with Gasteiger partial charge in [-0.05, 0) is 6.26 Å². The molecule has 0 atom stereocenters. The van der Waals surface area contributed by atoms with Crippen LogP contribution in [0.4, 0.5) is 0 Å². The number of nitrogens with zero attached hydrogens (tertiary/aromatic N) is 2. The summed E-state index contributed by atoms with van der Waals surface area (Å²) in [7, 11) is 1.58. The Morgan fingerprint density at radius 3 is 2.90 bits per heavy atom. The van der Waals surface area contributed by atoms with Gasteiger partial charge in [-0.1, -0.05) is 0 Å². The van der Waals surface area contributed by atoms with Crippen molar-refractivity contribution in [2.45, 2.75) is 5.03 Å². The number of ether oxygens (including phenoxy) is 1. The summed E-state index contributed by atoms with van der Waals surface area (Å²) in [5.41, 5.74) is 0. The molecule has 1 aromatic rings. The molecular formula is C6H8N2OS. The number of aromatic nitrogens is 2. The van der Waals surface area contributed by atoms with Gasteiger partial charge in [-0.15, -0.1) is 11.8 Å². The van der Waals surface area contributed by atoms with Crippen molar-refractivity contribution in [1.29, 1.82) is 0 Å². The molecule has 0 amide bonds. The highest BCUT2D eigenvalue weighted by Gasteiger charge is 1.94. The number of hydrogen-bond donors (Lipinski definition) is 0. The second kappa shape index (κ2) is 3.41. The molecule has 0 aromatic carbocycles. The van der Waals surface area contributed by atoms with E-state index in [2.05, 4.69) is 9.97 Å². The van der Waals surface area contributed by atoms with Crippen LogP contribution in [0.1, 0.15) is 0 Å². The van der Waals surface area contributed by atoms with E-state index in [1.807, 2.05) is 6.26 Å². The molecule has 10 heavy (non-hydrogen) atoms. The van der Waals surface area contributed by atoms with Crippen molar-refractivity contribution >= 4 is 11.8 Å². The summed E-state index contributed by atoms with van der Waals surface area (Å²) in [6.07, 6.45) is 5.23. The molecule has 0 spiro atoms. The summed E-state index contributed by atoms with van der Waals surface area (Å²) in [6.45, 7) is 0. The van der Waals surface area contributed by atoms with E-state index < -0.39 is 0 Å². The average molecular weight is 156 g/mol. The summed E-state index contributed by atoms with van der Waals surface area (Å²) >= 11 is 1.54. The maximum atomic E-state index is 4.87. The third-order valence-corrected chi connectivity index (χ3v) is 1.62. The lowest BCUT2D eigenvalue weighted by molar-refractivity contribution is 0.392. The highest BCUT2D eigenvalue weighted by atomic mass is 32.2. The Morgan fingerprint density at radius 2 is 2.30 bits per heavy atom. The van der Waals surface area contributed by atoms with Crippen LogP contribution in [-0.4, -0.2) is 23.3 Å². The number of thioether (sulfide) groups is 1. The lowest BCUT2D eigenvalue weighted by atomic mass is 10.7. The highest BCUT2D eigenvalue weighted by molar-refractivity contribution is 7.98. The van der Waals surface area contributed by atoms with Crippen LogP contribution in [0.3, 0.4) is 0 Å². The Bertz CT molecular complexity index is 197. The van der Waals surface area contributed by atoms with Crippen LogP contribution < -0.4 is 4.74 Å². The van der Waals surface area contributed by atoms with Gasteiger partial charge in [0.25, 0.3) is 0 Å². The molecule has 0 aliphatic heterocycles. The second-order valence-electron chi connectivity index (χ2n) is 1.60. The standard InChI is InChI=1S/C6H8N2OS/c1-9-5-3-7-4-6(8-5)10-2/h3-4H,1-2H3. The molecule has 0 fully saturated rings. The van der Waals surface area contributed by atoms with Crippen molar-refractivity contribution < 1.29 is 4.74 Å². The van der Waals surface area contributed by atoms with Crippen LogP contribution in [-0.2, 0) is 0 Å². The molecule has 0 saturated carbocycles. The first-order valence-corrected chi connectivity index (χ1v) is 3.99. The zero-order valence-electron chi connectivity index (χ0n) is 5.87. The summed E-state index contributed by atoms with van der Waals surface area (Å²) in [5.74, 6) is 0.562. The van der Waals surface area contributed by atoms with Crippen molar-refractivity contribution in [2.24, 2.45) is 0 Å². The topological polar surface area (TPSA) is 35.0 Å². The molecule has 54 valence electrons. The largest absolute Gasteiger partial charge is 0.480 e. The summed E-state index contributed by atoms with van der Waals surface area (Å²) < 4.78 is 4.87. The van der Waals surface area contributed by atoms with E-state index >= 15 is 0 Å². The van der Waals surface area contributed by atoms with E-state index in [1.54, 1.807) is 31.3 Å². The molecule has 0 bridgehead atoms. The van der Waals surface area contributed by atoms with Crippen molar-refractivity contribution in [1.82, 2.24) is 9.97 Å². The van der Waals surface area contributed by atoms with Gasteiger partial charge in [0.1, 0.15) is 5.03 Å². The van der Waals surface area contributed by atoms with Crippen LogP contribution in [0.25, 0.3) is 0 Å². The molecular weight excluding hydrogens is 148 g/mol. The predicted octanol–water partition coefficient (Wildman–Crippen LogP) is 1.21. The number of rotatable bonds is 2. The van der Waals surface area contributed by atoms with Crippen molar-refractivity contribution in [3.63, 3.8) is 0 Å². The fraction of sp³-hybridized carbons (Fsp3) is 0.333. The molecule has 0 unspecified atom stereocenters. The number of hydrogen-bond acceptors (Lipinski definition) is 4. The van der Waals surface area contributed by atoms with Crippen molar-refractivity contribution in [3.05, 3.63) is 12.4 Å².